The maximum absolute atomic E-state index is 12.4. The normalized spacial score (nSPS) is 17.3. The van der Waals surface area contributed by atoms with Gasteiger partial charge in [0.25, 0.3) is 0 Å². The lowest BCUT2D eigenvalue weighted by Crippen LogP contribution is -2.33. The van der Waals surface area contributed by atoms with Crippen LogP contribution in [-0.4, -0.2) is 48.2 Å². The van der Waals surface area contributed by atoms with Gasteiger partial charge in [-0.25, -0.2) is 9.48 Å². The van der Waals surface area contributed by atoms with Crippen LogP contribution >= 0.6 is 0 Å². The van der Waals surface area contributed by atoms with Crippen molar-refractivity contribution >= 4 is 19.3 Å². The number of carbonyl (C=O) groups excluding carboxylic acids is 1. The first-order chi connectivity index (χ1) is 12.2. The van der Waals surface area contributed by atoms with Crippen LogP contribution in [0, 0.1) is 5.92 Å². The highest BCUT2D eigenvalue weighted by Crippen LogP contribution is 2.32. The smallest absolute Gasteiger partial charge is 0.359 e. The van der Waals surface area contributed by atoms with Gasteiger partial charge in [0.05, 0.1) is 18.0 Å². The highest BCUT2D eigenvalue weighted by molar-refractivity contribution is 6.32. The van der Waals surface area contributed by atoms with Crippen LogP contribution in [0.3, 0.4) is 0 Å². The van der Waals surface area contributed by atoms with Crippen molar-refractivity contribution in [3.05, 3.63) is 41.2 Å². The fourth-order valence-electron chi connectivity index (χ4n) is 3.53. The quantitative estimate of drug-likeness (QED) is 0.615. The number of aromatic nitrogens is 2. The SMILES string of the molecule is [B]c1cccc(-n2nc(C(=O)OCC)c3c2CCN(CC2CC2)C3)c1. The van der Waals surface area contributed by atoms with Crippen LogP contribution in [0.2, 0.25) is 0 Å². The zero-order valence-corrected chi connectivity index (χ0v) is 14.6. The van der Waals surface area contributed by atoms with Crippen LogP contribution in [0.25, 0.3) is 5.69 Å². The zero-order valence-electron chi connectivity index (χ0n) is 14.6. The van der Waals surface area contributed by atoms with Crippen molar-refractivity contribution in [1.29, 1.82) is 0 Å². The van der Waals surface area contributed by atoms with E-state index in [4.69, 9.17) is 12.6 Å². The van der Waals surface area contributed by atoms with Crippen LogP contribution in [-0.2, 0) is 17.7 Å². The van der Waals surface area contributed by atoms with Gasteiger partial charge in [-0.15, -0.1) is 0 Å². The molecule has 5 nitrogen and oxygen atoms in total. The topological polar surface area (TPSA) is 47.4 Å². The Kier molecular flexibility index (Phi) is 4.38. The van der Waals surface area contributed by atoms with Crippen LogP contribution in [0.1, 0.15) is 41.5 Å². The van der Waals surface area contributed by atoms with Crippen molar-refractivity contribution < 1.29 is 9.53 Å². The molecule has 0 amide bonds. The van der Waals surface area contributed by atoms with Gasteiger partial charge in [0.1, 0.15) is 7.85 Å². The lowest BCUT2D eigenvalue weighted by Gasteiger charge is -2.27. The highest BCUT2D eigenvalue weighted by Gasteiger charge is 2.32. The molecule has 1 aromatic carbocycles. The fourth-order valence-corrected chi connectivity index (χ4v) is 3.53. The van der Waals surface area contributed by atoms with Crippen molar-refractivity contribution in [2.75, 3.05) is 19.7 Å². The van der Waals surface area contributed by atoms with Gasteiger partial charge >= 0.3 is 5.97 Å². The molecule has 128 valence electrons. The number of hydrogen-bond donors (Lipinski definition) is 0. The van der Waals surface area contributed by atoms with E-state index in [1.54, 1.807) is 0 Å². The van der Waals surface area contributed by atoms with Crippen LogP contribution in [0.15, 0.2) is 24.3 Å². The number of hydrogen-bond acceptors (Lipinski definition) is 4. The predicted octanol–water partition coefficient (Wildman–Crippen LogP) is 1.61. The molecule has 25 heavy (non-hydrogen) atoms. The number of fused-ring (bicyclic) bond motifs is 1. The van der Waals surface area contributed by atoms with Crippen LogP contribution in [0.5, 0.6) is 0 Å². The van der Waals surface area contributed by atoms with E-state index in [1.807, 2.05) is 35.9 Å². The van der Waals surface area contributed by atoms with Crippen molar-refractivity contribution in [3.63, 3.8) is 0 Å². The Morgan fingerprint density at radius 1 is 1.40 bits per heavy atom. The first-order valence-electron chi connectivity index (χ1n) is 9.02. The zero-order chi connectivity index (χ0) is 17.4. The number of benzene rings is 1. The van der Waals surface area contributed by atoms with Crippen molar-refractivity contribution in [3.8, 4) is 5.69 Å². The average molecular weight is 335 g/mol. The molecule has 0 unspecified atom stereocenters. The molecule has 0 atom stereocenters. The first-order valence-corrected chi connectivity index (χ1v) is 9.02. The molecule has 1 fully saturated rings. The molecule has 2 aromatic rings. The second-order valence-corrected chi connectivity index (χ2v) is 6.93. The Morgan fingerprint density at radius 3 is 2.96 bits per heavy atom. The molecular formula is C19H22BN3O2. The molecule has 1 saturated carbocycles. The minimum Gasteiger partial charge on any atom is -0.461 e. The minimum absolute atomic E-state index is 0.338. The maximum Gasteiger partial charge on any atom is 0.359 e. The second kappa shape index (κ2) is 6.67. The lowest BCUT2D eigenvalue weighted by molar-refractivity contribution is 0.0516. The molecule has 0 saturated heterocycles. The van der Waals surface area contributed by atoms with Gasteiger partial charge < -0.3 is 4.74 Å². The number of ether oxygens (including phenoxy) is 1. The third-order valence-corrected chi connectivity index (χ3v) is 4.93. The Bertz CT molecular complexity index is 798. The summed E-state index contributed by atoms with van der Waals surface area (Å²) in [5.74, 6) is 0.492. The summed E-state index contributed by atoms with van der Waals surface area (Å²) in [4.78, 5) is 14.9. The van der Waals surface area contributed by atoms with Gasteiger partial charge in [-0.1, -0.05) is 17.6 Å². The van der Waals surface area contributed by atoms with E-state index in [1.165, 1.54) is 12.8 Å². The Morgan fingerprint density at radius 2 is 2.24 bits per heavy atom. The standard InChI is InChI=1S/C19H22BN3O2/c1-2-25-19(24)18-16-12-22(11-13-6-7-13)9-8-17(16)23(21-18)15-5-3-4-14(20)10-15/h3-5,10,13H,2,6-9,11-12H2,1H3. The maximum atomic E-state index is 12.4. The van der Waals surface area contributed by atoms with Crippen LogP contribution < -0.4 is 5.46 Å². The molecule has 0 bridgehead atoms. The van der Waals surface area contributed by atoms with E-state index in [9.17, 15) is 4.79 Å². The third-order valence-electron chi connectivity index (χ3n) is 4.93. The molecule has 4 rings (SSSR count). The van der Waals surface area contributed by atoms with Gasteiger partial charge in [0.2, 0.25) is 0 Å². The summed E-state index contributed by atoms with van der Waals surface area (Å²) in [5, 5.41) is 4.61. The van der Waals surface area contributed by atoms with Crippen molar-refractivity contribution in [2.45, 2.75) is 32.7 Å². The molecular weight excluding hydrogens is 313 g/mol. The van der Waals surface area contributed by atoms with Crippen LogP contribution in [0.4, 0.5) is 0 Å². The third kappa shape index (κ3) is 3.36. The first kappa shape index (κ1) is 16.4. The number of esters is 1. The number of rotatable bonds is 5. The van der Waals surface area contributed by atoms with Crippen molar-refractivity contribution in [2.24, 2.45) is 5.92 Å². The summed E-state index contributed by atoms with van der Waals surface area (Å²) < 4.78 is 7.11. The summed E-state index contributed by atoms with van der Waals surface area (Å²) in [6.07, 6.45) is 3.54. The van der Waals surface area contributed by atoms with Gasteiger partial charge in [0.15, 0.2) is 5.69 Å². The van der Waals surface area contributed by atoms with Crippen molar-refractivity contribution in [1.82, 2.24) is 14.7 Å². The Hall–Kier alpha value is -2.08. The highest BCUT2D eigenvalue weighted by atomic mass is 16.5. The molecule has 2 aliphatic rings. The lowest BCUT2D eigenvalue weighted by atomic mass is 9.96. The molecule has 1 aliphatic carbocycles. The molecule has 6 heteroatoms. The Labute approximate surface area is 149 Å². The average Bonchev–Trinajstić information content (AvgIpc) is 3.33. The largest absolute Gasteiger partial charge is 0.461 e. The molecule has 1 aliphatic heterocycles. The number of carbonyl (C=O) groups is 1. The summed E-state index contributed by atoms with van der Waals surface area (Å²) in [6.45, 7) is 5.05. The van der Waals surface area contributed by atoms with E-state index in [2.05, 4.69) is 10.00 Å². The molecule has 0 N–H and O–H groups in total. The number of nitrogens with zero attached hydrogens (tertiary/aromatic N) is 3. The monoisotopic (exact) mass is 335 g/mol. The van der Waals surface area contributed by atoms with E-state index in [0.717, 1.165) is 48.9 Å². The van der Waals surface area contributed by atoms with Gasteiger partial charge in [-0.2, -0.15) is 5.10 Å². The van der Waals surface area contributed by atoms with E-state index >= 15 is 0 Å². The second-order valence-electron chi connectivity index (χ2n) is 6.93. The Balaban J connectivity index is 1.72. The fraction of sp³-hybridized carbons (Fsp3) is 0.474. The molecule has 0 spiro atoms. The van der Waals surface area contributed by atoms with E-state index < -0.39 is 0 Å². The van der Waals surface area contributed by atoms with E-state index in [0.29, 0.717) is 17.8 Å². The summed E-state index contributed by atoms with van der Waals surface area (Å²) in [6, 6.07) is 7.61. The molecule has 2 heterocycles. The molecule has 2 radical (unpaired) electrons. The molecule has 1 aromatic heterocycles. The summed E-state index contributed by atoms with van der Waals surface area (Å²) >= 11 is 0. The predicted molar refractivity (Wildman–Crippen MR) is 96.6 cm³/mol. The van der Waals surface area contributed by atoms with Gasteiger partial charge in [-0.3, -0.25) is 4.90 Å². The van der Waals surface area contributed by atoms with Gasteiger partial charge in [0, 0.05) is 31.6 Å². The van der Waals surface area contributed by atoms with E-state index in [-0.39, 0.29) is 5.97 Å². The summed E-state index contributed by atoms with van der Waals surface area (Å²) in [7, 11) is 5.93. The summed E-state index contributed by atoms with van der Waals surface area (Å²) in [5.41, 5.74) is 4.13. The van der Waals surface area contributed by atoms with Gasteiger partial charge in [-0.05, 0) is 37.8 Å². The minimum atomic E-state index is -0.338.